The number of nitrogens with zero attached hydrogens (tertiary/aromatic N) is 3. The van der Waals surface area contributed by atoms with Crippen LogP contribution in [0.25, 0.3) is 0 Å². The fourth-order valence-electron chi connectivity index (χ4n) is 2.71. The van der Waals surface area contributed by atoms with Gasteiger partial charge in [0.05, 0.1) is 12.1 Å². The quantitative estimate of drug-likeness (QED) is 0.844. The van der Waals surface area contributed by atoms with Gasteiger partial charge in [-0.15, -0.1) is 0 Å². The Hall–Kier alpha value is -1.82. The molecule has 1 aliphatic heterocycles. The van der Waals surface area contributed by atoms with E-state index in [1.165, 1.54) is 0 Å². The molecule has 1 aromatic rings. The summed E-state index contributed by atoms with van der Waals surface area (Å²) in [7, 11) is 1.83. The highest BCUT2D eigenvalue weighted by Gasteiger charge is 2.26. The smallest absolute Gasteiger partial charge is 0.257 e. The van der Waals surface area contributed by atoms with Crippen LogP contribution in [0.15, 0.2) is 10.5 Å². The van der Waals surface area contributed by atoms with Crippen molar-refractivity contribution in [1.82, 2.24) is 14.7 Å². The van der Waals surface area contributed by atoms with E-state index in [1.54, 1.807) is 11.0 Å². The third-order valence-electron chi connectivity index (χ3n) is 4.46. The number of furan rings is 1. The molecular formula is C17H27N3O3. The van der Waals surface area contributed by atoms with Crippen molar-refractivity contribution in [2.45, 2.75) is 33.7 Å². The minimum atomic E-state index is 0.0182. The van der Waals surface area contributed by atoms with E-state index < -0.39 is 0 Å². The van der Waals surface area contributed by atoms with Gasteiger partial charge in [0, 0.05) is 39.3 Å². The van der Waals surface area contributed by atoms with Gasteiger partial charge in [-0.1, -0.05) is 0 Å². The van der Waals surface area contributed by atoms with Gasteiger partial charge in [-0.3, -0.25) is 14.5 Å². The van der Waals surface area contributed by atoms with E-state index in [1.807, 2.05) is 39.6 Å². The van der Waals surface area contributed by atoms with Crippen LogP contribution in [0.5, 0.6) is 0 Å². The van der Waals surface area contributed by atoms with Crippen LogP contribution in [-0.4, -0.2) is 72.3 Å². The Morgan fingerprint density at radius 3 is 2.30 bits per heavy atom. The van der Waals surface area contributed by atoms with Gasteiger partial charge in [0.2, 0.25) is 5.91 Å². The number of amides is 2. The second-order valence-corrected chi connectivity index (χ2v) is 6.49. The Kier molecular flexibility index (Phi) is 5.46. The average molecular weight is 321 g/mol. The van der Waals surface area contributed by atoms with Crippen molar-refractivity contribution in [2.24, 2.45) is 0 Å². The van der Waals surface area contributed by atoms with E-state index in [-0.39, 0.29) is 17.9 Å². The molecule has 2 amide bonds. The van der Waals surface area contributed by atoms with Gasteiger partial charge in [-0.05, 0) is 33.8 Å². The Bertz CT molecular complexity index is 572. The van der Waals surface area contributed by atoms with E-state index >= 15 is 0 Å². The molecule has 0 unspecified atom stereocenters. The van der Waals surface area contributed by atoms with Gasteiger partial charge in [-0.25, -0.2) is 0 Å². The minimum absolute atomic E-state index is 0.0182. The van der Waals surface area contributed by atoms with Gasteiger partial charge < -0.3 is 14.2 Å². The molecule has 1 aliphatic rings. The molecule has 2 rings (SSSR count). The zero-order valence-corrected chi connectivity index (χ0v) is 14.8. The number of hydrogen-bond acceptors (Lipinski definition) is 4. The number of likely N-dealkylation sites (N-methyl/N-ethyl adjacent to an activating group) is 1. The summed E-state index contributed by atoms with van der Waals surface area (Å²) in [4.78, 5) is 30.4. The molecule has 1 aromatic heterocycles. The van der Waals surface area contributed by atoms with Crippen molar-refractivity contribution in [3.05, 3.63) is 23.2 Å². The van der Waals surface area contributed by atoms with Gasteiger partial charge in [0.15, 0.2) is 0 Å². The lowest BCUT2D eigenvalue weighted by atomic mass is 10.2. The van der Waals surface area contributed by atoms with Crippen LogP contribution in [0.3, 0.4) is 0 Å². The van der Waals surface area contributed by atoms with Crippen LogP contribution < -0.4 is 0 Å². The number of aryl methyl sites for hydroxylation is 2. The summed E-state index contributed by atoms with van der Waals surface area (Å²) in [5.74, 6) is 1.57. The van der Waals surface area contributed by atoms with Gasteiger partial charge in [0.25, 0.3) is 5.91 Å². The number of rotatable bonds is 4. The first-order valence-corrected chi connectivity index (χ1v) is 8.14. The zero-order valence-electron chi connectivity index (χ0n) is 14.8. The van der Waals surface area contributed by atoms with E-state index in [0.717, 1.165) is 18.8 Å². The number of hydrogen-bond donors (Lipinski definition) is 0. The van der Waals surface area contributed by atoms with Crippen molar-refractivity contribution in [1.29, 1.82) is 0 Å². The van der Waals surface area contributed by atoms with Gasteiger partial charge in [-0.2, -0.15) is 0 Å². The molecule has 0 radical (unpaired) electrons. The van der Waals surface area contributed by atoms with Crippen LogP contribution in [0.1, 0.15) is 35.7 Å². The largest absolute Gasteiger partial charge is 0.466 e. The minimum Gasteiger partial charge on any atom is -0.466 e. The first-order valence-electron chi connectivity index (χ1n) is 8.14. The predicted molar refractivity (Wildman–Crippen MR) is 88.4 cm³/mol. The van der Waals surface area contributed by atoms with E-state index in [2.05, 4.69) is 4.90 Å². The zero-order chi connectivity index (χ0) is 17.1. The highest BCUT2D eigenvalue weighted by molar-refractivity contribution is 5.95. The molecule has 0 spiro atoms. The van der Waals surface area contributed by atoms with Gasteiger partial charge >= 0.3 is 0 Å². The molecule has 1 saturated heterocycles. The van der Waals surface area contributed by atoms with Crippen LogP contribution in [0.4, 0.5) is 0 Å². The fraction of sp³-hybridized carbons (Fsp3) is 0.647. The molecule has 0 saturated carbocycles. The van der Waals surface area contributed by atoms with Crippen molar-refractivity contribution in [3.8, 4) is 0 Å². The summed E-state index contributed by atoms with van der Waals surface area (Å²) in [6, 6.07) is 2.00. The Labute approximate surface area is 138 Å². The SMILES string of the molecule is Cc1cc(C(=O)N2CCN(CC(=O)N(C)C(C)C)CC2)c(C)o1. The predicted octanol–water partition coefficient (Wildman–Crippen LogP) is 1.52. The van der Waals surface area contributed by atoms with E-state index in [0.29, 0.717) is 31.0 Å². The summed E-state index contributed by atoms with van der Waals surface area (Å²) >= 11 is 0. The maximum Gasteiger partial charge on any atom is 0.257 e. The van der Waals surface area contributed by atoms with Crippen molar-refractivity contribution in [3.63, 3.8) is 0 Å². The monoisotopic (exact) mass is 321 g/mol. The van der Waals surface area contributed by atoms with E-state index in [4.69, 9.17) is 4.42 Å². The third kappa shape index (κ3) is 4.13. The maximum absolute atomic E-state index is 12.5. The van der Waals surface area contributed by atoms with Crippen molar-refractivity contribution in [2.75, 3.05) is 39.8 Å². The lowest BCUT2D eigenvalue weighted by molar-refractivity contribution is -0.132. The summed E-state index contributed by atoms with van der Waals surface area (Å²) in [5.41, 5.74) is 0.645. The Morgan fingerprint density at radius 1 is 1.22 bits per heavy atom. The maximum atomic E-state index is 12.5. The topological polar surface area (TPSA) is 57.0 Å². The number of piperazine rings is 1. The molecule has 1 fully saturated rings. The van der Waals surface area contributed by atoms with Crippen LogP contribution in [0, 0.1) is 13.8 Å². The standard InChI is InChI=1S/C17H27N3O3/c1-12(2)18(5)16(21)11-19-6-8-20(9-7-19)17(22)15-10-13(3)23-14(15)4/h10,12H,6-9,11H2,1-5H3. The molecule has 0 aliphatic carbocycles. The second kappa shape index (κ2) is 7.17. The molecule has 0 bridgehead atoms. The number of carbonyl (C=O) groups excluding carboxylic acids is 2. The summed E-state index contributed by atoms with van der Waals surface area (Å²) in [6.07, 6.45) is 0. The van der Waals surface area contributed by atoms with Gasteiger partial charge in [0.1, 0.15) is 11.5 Å². The normalized spacial score (nSPS) is 16.0. The van der Waals surface area contributed by atoms with E-state index in [9.17, 15) is 9.59 Å². The lowest BCUT2D eigenvalue weighted by Crippen LogP contribution is -2.51. The number of carbonyl (C=O) groups is 2. The highest BCUT2D eigenvalue weighted by Crippen LogP contribution is 2.17. The molecular weight excluding hydrogens is 294 g/mol. The first kappa shape index (κ1) is 17.5. The Balaban J connectivity index is 1.88. The van der Waals surface area contributed by atoms with Crippen LogP contribution >= 0.6 is 0 Å². The molecule has 6 heteroatoms. The molecule has 2 heterocycles. The molecule has 23 heavy (non-hydrogen) atoms. The molecule has 0 aromatic carbocycles. The van der Waals surface area contributed by atoms with Crippen LogP contribution in [0.2, 0.25) is 0 Å². The van der Waals surface area contributed by atoms with Crippen LogP contribution in [-0.2, 0) is 4.79 Å². The fourth-order valence-corrected chi connectivity index (χ4v) is 2.71. The second-order valence-electron chi connectivity index (χ2n) is 6.49. The average Bonchev–Trinajstić information content (AvgIpc) is 2.85. The molecule has 6 nitrogen and oxygen atoms in total. The summed E-state index contributed by atoms with van der Waals surface area (Å²) in [5, 5.41) is 0. The molecule has 128 valence electrons. The highest BCUT2D eigenvalue weighted by atomic mass is 16.3. The summed E-state index contributed by atoms with van der Waals surface area (Å²) in [6.45, 7) is 10.8. The Morgan fingerprint density at radius 2 is 1.83 bits per heavy atom. The molecule has 0 atom stereocenters. The lowest BCUT2D eigenvalue weighted by Gasteiger charge is -2.35. The van der Waals surface area contributed by atoms with Crippen molar-refractivity contribution >= 4 is 11.8 Å². The molecule has 0 N–H and O–H groups in total. The third-order valence-corrected chi connectivity index (χ3v) is 4.46. The van der Waals surface area contributed by atoms with Crippen molar-refractivity contribution < 1.29 is 14.0 Å². The first-order chi connectivity index (χ1) is 10.8. The summed E-state index contributed by atoms with van der Waals surface area (Å²) < 4.78 is 5.44.